The van der Waals surface area contributed by atoms with E-state index in [0.717, 1.165) is 12.3 Å². The molecule has 0 bridgehead atoms. The van der Waals surface area contributed by atoms with Gasteiger partial charge in [-0.1, -0.05) is 12.8 Å². The van der Waals surface area contributed by atoms with Crippen LogP contribution >= 0.6 is 0 Å². The quantitative estimate of drug-likeness (QED) is 0.548. The van der Waals surface area contributed by atoms with Gasteiger partial charge in [0.2, 0.25) is 0 Å². The van der Waals surface area contributed by atoms with Gasteiger partial charge in [-0.2, -0.15) is 0 Å². The average molecular weight is 204 g/mol. The van der Waals surface area contributed by atoms with Crippen LogP contribution in [0.15, 0.2) is 0 Å². The molecule has 2 saturated carbocycles. The van der Waals surface area contributed by atoms with E-state index < -0.39 is 11.3 Å². The van der Waals surface area contributed by atoms with Gasteiger partial charge < -0.3 is 4.55 Å². The van der Waals surface area contributed by atoms with Gasteiger partial charge in [-0.15, -0.1) is 4.89 Å². The van der Waals surface area contributed by atoms with Crippen molar-refractivity contribution >= 4 is 11.3 Å². The Morgan fingerprint density at radius 1 is 1.31 bits per heavy atom. The molecule has 0 saturated heterocycles. The summed E-state index contributed by atoms with van der Waals surface area (Å²) in [6.45, 7) is 0. The van der Waals surface area contributed by atoms with Crippen molar-refractivity contribution < 1.29 is 13.6 Å². The van der Waals surface area contributed by atoms with Crippen LogP contribution in [0.2, 0.25) is 0 Å². The molecule has 0 aromatic rings. The Morgan fingerprint density at radius 3 is 2.92 bits per heavy atom. The van der Waals surface area contributed by atoms with E-state index in [0.29, 0.717) is 5.92 Å². The van der Waals surface area contributed by atoms with Crippen molar-refractivity contribution in [3.63, 3.8) is 0 Å². The van der Waals surface area contributed by atoms with Crippen LogP contribution in [0.25, 0.3) is 0 Å². The highest BCUT2D eigenvalue weighted by molar-refractivity contribution is 7.76. The smallest absolute Gasteiger partial charge is 0.0832 e. The second kappa shape index (κ2) is 4.04. The number of hydrogen-bond donors (Lipinski definition) is 1. The van der Waals surface area contributed by atoms with Gasteiger partial charge in [0.05, 0.1) is 6.10 Å². The molecule has 0 spiro atoms. The molecule has 2 fully saturated rings. The van der Waals surface area contributed by atoms with Gasteiger partial charge in [0.15, 0.2) is 0 Å². The third kappa shape index (κ3) is 2.10. The highest BCUT2D eigenvalue weighted by Crippen LogP contribution is 2.44. The lowest BCUT2D eigenvalue weighted by Crippen LogP contribution is -2.28. The van der Waals surface area contributed by atoms with E-state index in [-0.39, 0.29) is 6.10 Å². The van der Waals surface area contributed by atoms with E-state index in [1.807, 2.05) is 4.89 Å². The Labute approximate surface area is 80.4 Å². The van der Waals surface area contributed by atoms with Crippen molar-refractivity contribution in [1.29, 1.82) is 0 Å². The van der Waals surface area contributed by atoms with Crippen molar-refractivity contribution in [2.45, 2.75) is 38.2 Å². The highest BCUT2D eigenvalue weighted by Gasteiger charge is 2.39. The maximum atomic E-state index is 10.2. The van der Waals surface area contributed by atoms with E-state index in [9.17, 15) is 8.76 Å². The minimum absolute atomic E-state index is 0.116. The van der Waals surface area contributed by atoms with E-state index in [4.69, 9.17) is 4.84 Å². The normalized spacial score (nSPS) is 40.5. The minimum Gasteiger partial charge on any atom is -0.758 e. The molecule has 5 heteroatoms. The molecule has 4 nitrogen and oxygen atoms in total. The van der Waals surface area contributed by atoms with Gasteiger partial charge in [0.1, 0.15) is 0 Å². The maximum absolute atomic E-state index is 10.2. The fraction of sp³-hybridized carbons (Fsp3) is 1.00. The lowest BCUT2D eigenvalue weighted by Gasteiger charge is -2.19. The van der Waals surface area contributed by atoms with Gasteiger partial charge in [-0.25, -0.2) is 0 Å². The fourth-order valence-corrected chi connectivity index (χ4v) is 2.96. The Balaban J connectivity index is 1.83. The molecule has 4 unspecified atom stereocenters. The maximum Gasteiger partial charge on any atom is 0.0832 e. The van der Waals surface area contributed by atoms with Gasteiger partial charge >= 0.3 is 0 Å². The predicted molar refractivity (Wildman–Crippen MR) is 47.0 cm³/mol. The Hall–Kier alpha value is 0.0300. The molecule has 0 aromatic heterocycles. The first-order valence-corrected chi connectivity index (χ1v) is 5.85. The number of fused-ring (bicyclic) bond motifs is 1. The molecular formula is C8H14NO3S-. The van der Waals surface area contributed by atoms with E-state index >= 15 is 0 Å². The molecule has 0 aliphatic heterocycles. The first-order valence-electron chi connectivity index (χ1n) is 4.78. The molecule has 13 heavy (non-hydrogen) atoms. The summed E-state index contributed by atoms with van der Waals surface area (Å²) in [4.78, 5) is 7.13. The van der Waals surface area contributed by atoms with E-state index in [2.05, 4.69) is 0 Å². The van der Waals surface area contributed by atoms with Gasteiger partial charge in [-0.3, -0.25) is 9.05 Å². The summed E-state index contributed by atoms with van der Waals surface area (Å²) in [5.74, 6) is 1.38. The van der Waals surface area contributed by atoms with Crippen molar-refractivity contribution in [3.8, 4) is 0 Å². The molecule has 4 atom stereocenters. The second-order valence-electron chi connectivity index (χ2n) is 3.91. The minimum atomic E-state index is -2.29. The Kier molecular flexibility index (Phi) is 2.98. The van der Waals surface area contributed by atoms with Crippen LogP contribution in [0.5, 0.6) is 0 Å². The molecule has 0 heterocycles. The van der Waals surface area contributed by atoms with Gasteiger partial charge in [0, 0.05) is 11.3 Å². The second-order valence-corrected chi connectivity index (χ2v) is 4.54. The lowest BCUT2D eigenvalue weighted by molar-refractivity contribution is -0.00862. The third-order valence-electron chi connectivity index (χ3n) is 3.28. The van der Waals surface area contributed by atoms with Gasteiger partial charge in [-0.05, 0) is 31.1 Å². The zero-order valence-corrected chi connectivity index (χ0v) is 8.22. The summed E-state index contributed by atoms with van der Waals surface area (Å²) in [6.07, 6.45) is 6.08. The SMILES string of the molecule is O=S([O-])NOC1CCC2CCCC21. The molecule has 2 aliphatic carbocycles. The molecule has 0 aromatic carbocycles. The van der Waals surface area contributed by atoms with Crippen molar-refractivity contribution in [2.24, 2.45) is 11.8 Å². The lowest BCUT2D eigenvalue weighted by atomic mass is 9.99. The number of nitrogens with one attached hydrogen (secondary N) is 1. The summed E-state index contributed by atoms with van der Waals surface area (Å²) in [5.41, 5.74) is 0. The van der Waals surface area contributed by atoms with E-state index in [1.165, 1.54) is 25.7 Å². The molecule has 1 N–H and O–H groups in total. The largest absolute Gasteiger partial charge is 0.758 e. The Bertz CT molecular complexity index is 212. The molecule has 76 valence electrons. The number of hydrogen-bond acceptors (Lipinski definition) is 3. The summed E-state index contributed by atoms with van der Waals surface area (Å²) in [7, 11) is 0. The zero-order chi connectivity index (χ0) is 9.26. The van der Waals surface area contributed by atoms with Crippen LogP contribution in [0.3, 0.4) is 0 Å². The molecule has 2 rings (SSSR count). The highest BCUT2D eigenvalue weighted by atomic mass is 32.2. The summed E-state index contributed by atoms with van der Waals surface area (Å²) < 4.78 is 20.4. The van der Waals surface area contributed by atoms with Crippen LogP contribution in [-0.4, -0.2) is 14.9 Å². The van der Waals surface area contributed by atoms with Crippen LogP contribution in [0, 0.1) is 11.8 Å². The first-order chi connectivity index (χ1) is 6.27. The number of rotatable bonds is 3. The van der Waals surface area contributed by atoms with Crippen LogP contribution in [0.1, 0.15) is 32.1 Å². The first kappa shape index (κ1) is 9.58. The fourth-order valence-electron chi connectivity index (χ4n) is 2.75. The zero-order valence-electron chi connectivity index (χ0n) is 7.40. The molecule has 0 amide bonds. The van der Waals surface area contributed by atoms with Crippen LogP contribution < -0.4 is 4.89 Å². The monoisotopic (exact) mass is 204 g/mol. The standard InChI is InChI=1S/C8H15NO3S/c10-13(11)9-12-8-5-4-6-2-1-3-7(6)8/h6-9H,1-5H2,(H,10,11)/p-1. The predicted octanol–water partition coefficient (Wildman–Crippen LogP) is 0.880. The van der Waals surface area contributed by atoms with Crippen molar-refractivity contribution in [2.75, 3.05) is 0 Å². The Morgan fingerprint density at radius 2 is 2.15 bits per heavy atom. The van der Waals surface area contributed by atoms with Gasteiger partial charge in [0.25, 0.3) is 0 Å². The van der Waals surface area contributed by atoms with Crippen LogP contribution in [0.4, 0.5) is 0 Å². The summed E-state index contributed by atoms with van der Waals surface area (Å²) in [5, 5.41) is 0. The summed E-state index contributed by atoms with van der Waals surface area (Å²) in [6, 6.07) is 0. The van der Waals surface area contributed by atoms with Crippen molar-refractivity contribution in [3.05, 3.63) is 0 Å². The van der Waals surface area contributed by atoms with E-state index in [1.54, 1.807) is 0 Å². The molecule has 0 radical (unpaired) electrons. The average Bonchev–Trinajstić information content (AvgIpc) is 2.60. The van der Waals surface area contributed by atoms with Crippen LogP contribution in [-0.2, 0) is 16.1 Å². The summed E-state index contributed by atoms with van der Waals surface area (Å²) >= 11 is -2.29. The topological polar surface area (TPSA) is 61.4 Å². The molecule has 2 aliphatic rings. The third-order valence-corrected chi connectivity index (χ3v) is 3.52. The van der Waals surface area contributed by atoms with Crippen molar-refractivity contribution in [1.82, 2.24) is 4.89 Å². The molecular weight excluding hydrogens is 190 g/mol.